The number of thiophene rings is 2. The molecule has 0 saturated carbocycles. The normalized spacial score (nSPS) is 12.2. The Bertz CT molecular complexity index is 3250. The first kappa shape index (κ1) is 40.0. The zero-order valence-electron chi connectivity index (χ0n) is 37.1. The van der Waals surface area contributed by atoms with Gasteiger partial charge in [-0.1, -0.05) is 133 Å². The Morgan fingerprint density at radius 2 is 0.703 bits per heavy atom. The summed E-state index contributed by atoms with van der Waals surface area (Å²) in [6, 6.07) is 66.8. The van der Waals surface area contributed by atoms with Crippen molar-refractivity contribution in [3.8, 4) is 22.5 Å². The van der Waals surface area contributed by atoms with Crippen molar-refractivity contribution in [2.24, 2.45) is 0 Å². The lowest BCUT2D eigenvalue weighted by Gasteiger charge is -2.34. The van der Waals surface area contributed by atoms with Crippen molar-refractivity contribution in [1.82, 2.24) is 9.13 Å². The summed E-state index contributed by atoms with van der Waals surface area (Å²) in [4.78, 5) is 4.97. The Kier molecular flexibility index (Phi) is 9.64. The summed E-state index contributed by atoms with van der Waals surface area (Å²) < 4.78 is 7.61. The van der Waals surface area contributed by atoms with Gasteiger partial charge in [-0.25, -0.2) is 0 Å². The van der Waals surface area contributed by atoms with Gasteiger partial charge in [-0.2, -0.15) is 0 Å². The Morgan fingerprint density at radius 1 is 0.344 bits per heavy atom. The maximum atomic E-state index is 2.53. The number of hydrogen-bond acceptors (Lipinski definition) is 4. The molecule has 0 aliphatic rings. The summed E-state index contributed by atoms with van der Waals surface area (Å²) in [7, 11) is 0. The fourth-order valence-electron chi connectivity index (χ4n) is 9.71. The van der Waals surface area contributed by atoms with E-state index in [1.54, 1.807) is 22.7 Å². The average Bonchev–Trinajstić information content (AvgIpc) is 4.13. The molecule has 0 saturated heterocycles. The van der Waals surface area contributed by atoms with E-state index in [9.17, 15) is 0 Å². The van der Waals surface area contributed by atoms with Crippen LogP contribution in [0.4, 0.5) is 34.4 Å². The van der Waals surface area contributed by atoms with Crippen LogP contribution in [-0.4, -0.2) is 9.13 Å². The number of nitrogens with zero attached hydrogens (tertiary/aromatic N) is 4. The molecular weight excluding hydrogens is 817 g/mol. The molecule has 4 aromatic heterocycles. The van der Waals surface area contributed by atoms with Crippen LogP contribution < -0.4 is 9.80 Å². The van der Waals surface area contributed by atoms with E-state index in [-0.39, 0.29) is 11.1 Å². The van der Waals surface area contributed by atoms with Crippen molar-refractivity contribution in [2.75, 3.05) is 9.80 Å². The molecule has 11 rings (SSSR count). The van der Waals surface area contributed by atoms with Gasteiger partial charge in [0.2, 0.25) is 0 Å². The third-order valence-corrected chi connectivity index (χ3v) is 14.3. The number of aromatic nitrogens is 2. The third-order valence-electron chi connectivity index (χ3n) is 12.4. The molecular formula is C58H50N4S2. The predicted molar refractivity (Wildman–Crippen MR) is 278 cm³/mol. The quantitative estimate of drug-likeness (QED) is 0.151. The van der Waals surface area contributed by atoms with E-state index in [1.807, 2.05) is 0 Å². The molecule has 11 aromatic rings. The maximum absolute atomic E-state index is 2.53. The SMILES string of the molecule is CC(C)(C)n1c(-c2ccc(-c3ccc(N(c4cccc5ccccc45)c4csc5ccccc45)n3C(C)(C)C)cc2)ccc1N(c1cccc2ccccc12)c1csc2ccccc12. The van der Waals surface area contributed by atoms with Crippen LogP contribution in [0.25, 0.3) is 64.2 Å². The molecule has 4 heterocycles. The second-order valence-electron chi connectivity index (χ2n) is 18.6. The highest BCUT2D eigenvalue weighted by molar-refractivity contribution is 7.18. The lowest BCUT2D eigenvalue weighted by atomic mass is 10.0. The monoisotopic (exact) mass is 866 g/mol. The Morgan fingerprint density at radius 3 is 1.11 bits per heavy atom. The van der Waals surface area contributed by atoms with Crippen molar-refractivity contribution in [1.29, 1.82) is 0 Å². The van der Waals surface area contributed by atoms with Crippen LogP contribution in [0.5, 0.6) is 0 Å². The molecule has 314 valence electrons. The van der Waals surface area contributed by atoms with Crippen LogP contribution in [0.15, 0.2) is 193 Å². The molecule has 7 aromatic carbocycles. The van der Waals surface area contributed by atoms with Crippen molar-refractivity contribution < 1.29 is 0 Å². The van der Waals surface area contributed by atoms with Gasteiger partial charge in [-0.05, 0) is 112 Å². The van der Waals surface area contributed by atoms with E-state index < -0.39 is 0 Å². The van der Waals surface area contributed by atoms with E-state index in [0.717, 1.165) is 11.6 Å². The highest BCUT2D eigenvalue weighted by Gasteiger charge is 2.30. The number of fused-ring (bicyclic) bond motifs is 4. The van der Waals surface area contributed by atoms with E-state index in [0.29, 0.717) is 0 Å². The second kappa shape index (κ2) is 15.4. The standard InChI is InChI=1S/C58H50N4S2/c1-57(2,3)61-47(33-35-55(61)59(51-37-63-53-27-13-11-23-45(51)53)49-25-15-19-39-17-7-9-21-43(39)49)41-29-31-42(32-30-41)48-34-36-56(62(48)58(4,5)6)60(52-38-64-54-28-14-12-24-46(52)54)50-26-16-20-40-18-8-10-22-44(40)50/h7-38H,1-6H3. The minimum atomic E-state index is -0.242. The van der Waals surface area contributed by atoms with Gasteiger partial charge in [-0.15, -0.1) is 22.7 Å². The summed E-state index contributed by atoms with van der Waals surface area (Å²) in [5.41, 5.74) is 8.93. The van der Waals surface area contributed by atoms with Crippen LogP contribution in [0.1, 0.15) is 41.5 Å². The number of benzene rings is 7. The van der Waals surface area contributed by atoms with E-state index >= 15 is 0 Å². The van der Waals surface area contributed by atoms with Gasteiger partial charge in [0.25, 0.3) is 0 Å². The van der Waals surface area contributed by atoms with Crippen LogP contribution >= 0.6 is 22.7 Å². The molecule has 4 nitrogen and oxygen atoms in total. The Labute approximate surface area is 383 Å². The molecule has 0 fully saturated rings. The van der Waals surface area contributed by atoms with Crippen LogP contribution in [0, 0.1) is 0 Å². The molecule has 0 radical (unpaired) electrons. The highest BCUT2D eigenvalue weighted by atomic mass is 32.1. The molecule has 0 bridgehead atoms. The number of hydrogen-bond donors (Lipinski definition) is 0. The zero-order chi connectivity index (χ0) is 43.7. The average molecular weight is 867 g/mol. The van der Waals surface area contributed by atoms with Gasteiger partial charge >= 0.3 is 0 Å². The molecule has 0 atom stereocenters. The molecule has 0 unspecified atom stereocenters. The summed E-state index contributed by atoms with van der Waals surface area (Å²) in [6.45, 7) is 13.9. The largest absolute Gasteiger partial charge is 0.322 e. The second-order valence-corrected chi connectivity index (χ2v) is 20.5. The fourth-order valence-corrected chi connectivity index (χ4v) is 11.6. The predicted octanol–water partition coefficient (Wildman–Crippen LogP) is 17.8. The first-order chi connectivity index (χ1) is 31.0. The van der Waals surface area contributed by atoms with Crippen LogP contribution in [0.2, 0.25) is 0 Å². The van der Waals surface area contributed by atoms with Gasteiger partial charge in [-0.3, -0.25) is 9.80 Å². The minimum absolute atomic E-state index is 0.242. The topological polar surface area (TPSA) is 16.3 Å². The summed E-state index contributed by atoms with van der Waals surface area (Å²) in [5, 5.41) is 12.0. The van der Waals surface area contributed by atoms with Gasteiger partial charge < -0.3 is 9.13 Å². The van der Waals surface area contributed by atoms with Crippen molar-refractivity contribution in [3.63, 3.8) is 0 Å². The molecule has 0 amide bonds. The first-order valence-corrected chi connectivity index (χ1v) is 23.8. The lowest BCUT2D eigenvalue weighted by molar-refractivity contribution is 0.405. The van der Waals surface area contributed by atoms with Gasteiger partial charge in [0.05, 0.1) is 34.1 Å². The lowest BCUT2D eigenvalue weighted by Crippen LogP contribution is -2.27. The molecule has 0 aliphatic carbocycles. The summed E-state index contributed by atoms with van der Waals surface area (Å²) in [6.07, 6.45) is 0. The third kappa shape index (κ3) is 6.72. The fraction of sp³-hybridized carbons (Fsp3) is 0.138. The van der Waals surface area contributed by atoms with Crippen molar-refractivity contribution in [3.05, 3.63) is 193 Å². The smallest absolute Gasteiger partial charge is 0.118 e. The number of rotatable bonds is 8. The zero-order valence-corrected chi connectivity index (χ0v) is 38.7. The maximum Gasteiger partial charge on any atom is 0.118 e. The van der Waals surface area contributed by atoms with E-state index in [2.05, 4.69) is 253 Å². The minimum Gasteiger partial charge on any atom is -0.322 e. The van der Waals surface area contributed by atoms with E-state index in [4.69, 9.17) is 0 Å². The summed E-state index contributed by atoms with van der Waals surface area (Å²) >= 11 is 3.60. The molecule has 0 aliphatic heterocycles. The molecule has 6 heteroatoms. The molecule has 64 heavy (non-hydrogen) atoms. The van der Waals surface area contributed by atoms with Crippen LogP contribution in [-0.2, 0) is 11.1 Å². The highest BCUT2D eigenvalue weighted by Crippen LogP contribution is 2.49. The van der Waals surface area contributed by atoms with Gasteiger partial charge in [0.15, 0.2) is 0 Å². The van der Waals surface area contributed by atoms with Crippen molar-refractivity contribution in [2.45, 2.75) is 52.6 Å². The first-order valence-electron chi connectivity index (χ1n) is 22.1. The number of anilines is 6. The molecule has 0 spiro atoms. The summed E-state index contributed by atoms with van der Waals surface area (Å²) in [5.74, 6) is 2.26. The molecule has 0 N–H and O–H groups in total. The van der Waals surface area contributed by atoms with Gasteiger partial charge in [0.1, 0.15) is 11.6 Å². The van der Waals surface area contributed by atoms with Gasteiger partial charge in [0, 0.05) is 52.8 Å². The van der Waals surface area contributed by atoms with Crippen molar-refractivity contribution >= 4 is 98.8 Å². The Hall–Kier alpha value is -6.86. The van der Waals surface area contributed by atoms with E-state index in [1.165, 1.54) is 87.0 Å². The van der Waals surface area contributed by atoms with Crippen LogP contribution in [0.3, 0.4) is 0 Å². The Balaban J connectivity index is 1.06.